The Hall–Kier alpha value is -2.88. The highest BCUT2D eigenvalue weighted by atomic mass is 79.9. The van der Waals surface area contributed by atoms with Gasteiger partial charge in [-0.2, -0.15) is 4.98 Å². The van der Waals surface area contributed by atoms with Crippen LogP contribution in [-0.2, 0) is 4.79 Å². The number of nitrogens with one attached hydrogen (secondary N) is 4. The second-order valence-corrected chi connectivity index (χ2v) is 9.27. The fourth-order valence-corrected chi connectivity index (χ4v) is 4.13. The van der Waals surface area contributed by atoms with E-state index in [0.29, 0.717) is 24.9 Å². The topological polar surface area (TPSA) is 111 Å². The Morgan fingerprint density at radius 2 is 1.88 bits per heavy atom. The minimum atomic E-state index is -0.0695. The number of anilines is 4. The number of benzene rings is 1. The number of likely N-dealkylation sites (tertiary alicyclic amines) is 1. The quantitative estimate of drug-likeness (QED) is 0.370. The summed E-state index contributed by atoms with van der Waals surface area (Å²) in [7, 11) is 0. The van der Waals surface area contributed by atoms with Crippen LogP contribution >= 0.6 is 15.9 Å². The summed E-state index contributed by atoms with van der Waals surface area (Å²) in [6.07, 6.45) is 7.80. The highest BCUT2D eigenvalue weighted by molar-refractivity contribution is 9.10. The average molecular weight is 516 g/mol. The van der Waals surface area contributed by atoms with Crippen molar-refractivity contribution in [1.82, 2.24) is 20.2 Å². The Morgan fingerprint density at radius 1 is 1.09 bits per heavy atom. The van der Waals surface area contributed by atoms with Gasteiger partial charge in [0.05, 0.1) is 4.47 Å². The fourth-order valence-electron chi connectivity index (χ4n) is 3.80. The van der Waals surface area contributed by atoms with Crippen LogP contribution in [0.25, 0.3) is 0 Å². The molecule has 1 saturated heterocycles. The number of rotatable bonds is 9. The molecule has 10 heteroatoms. The van der Waals surface area contributed by atoms with Crippen molar-refractivity contribution < 1.29 is 9.59 Å². The molecule has 4 rings (SSSR count). The first-order valence-electron chi connectivity index (χ1n) is 11.6. The summed E-state index contributed by atoms with van der Waals surface area (Å²) in [4.78, 5) is 34.9. The lowest BCUT2D eigenvalue weighted by atomic mass is 9.85. The second-order valence-electron chi connectivity index (χ2n) is 8.42. The molecule has 9 nitrogen and oxygen atoms in total. The molecule has 1 aliphatic heterocycles. The van der Waals surface area contributed by atoms with E-state index in [1.54, 1.807) is 6.20 Å². The number of carbonyl (C=O) groups is 2. The number of carbonyl (C=O) groups excluding carboxylic acids is 2. The van der Waals surface area contributed by atoms with Crippen molar-refractivity contribution in [2.24, 2.45) is 5.92 Å². The molecule has 4 N–H and O–H groups in total. The molecular formula is C23H30BrN7O2. The lowest BCUT2D eigenvalue weighted by Crippen LogP contribution is -2.35. The van der Waals surface area contributed by atoms with Gasteiger partial charge in [0.1, 0.15) is 5.82 Å². The van der Waals surface area contributed by atoms with Gasteiger partial charge in [-0.05, 0) is 66.2 Å². The summed E-state index contributed by atoms with van der Waals surface area (Å²) in [5.41, 5.74) is 1.50. The Morgan fingerprint density at radius 3 is 2.64 bits per heavy atom. The zero-order valence-corrected chi connectivity index (χ0v) is 20.2. The maximum absolute atomic E-state index is 12.3. The summed E-state index contributed by atoms with van der Waals surface area (Å²) in [6.45, 7) is 2.93. The van der Waals surface area contributed by atoms with Gasteiger partial charge in [-0.15, -0.1) is 0 Å². The van der Waals surface area contributed by atoms with Gasteiger partial charge in [-0.25, -0.2) is 9.78 Å². The third kappa shape index (κ3) is 6.56. The first-order chi connectivity index (χ1) is 16.1. The first kappa shape index (κ1) is 23.3. The van der Waals surface area contributed by atoms with Crippen LogP contribution in [0.4, 0.5) is 27.9 Å². The van der Waals surface area contributed by atoms with Gasteiger partial charge in [-0.1, -0.05) is 12.5 Å². The lowest BCUT2D eigenvalue weighted by Gasteiger charge is -2.24. The second kappa shape index (κ2) is 11.3. The maximum atomic E-state index is 12.3. The third-order valence-corrected chi connectivity index (χ3v) is 6.51. The molecule has 0 unspecified atom stereocenters. The van der Waals surface area contributed by atoms with Crippen LogP contribution in [0.5, 0.6) is 0 Å². The molecule has 1 saturated carbocycles. The first-order valence-corrected chi connectivity index (χ1v) is 12.3. The van der Waals surface area contributed by atoms with Crippen molar-refractivity contribution in [3.8, 4) is 0 Å². The van der Waals surface area contributed by atoms with Gasteiger partial charge in [0, 0.05) is 49.7 Å². The predicted octanol–water partition coefficient (Wildman–Crippen LogP) is 4.33. The van der Waals surface area contributed by atoms with E-state index < -0.39 is 0 Å². The molecule has 0 radical (unpaired) electrons. The third-order valence-electron chi connectivity index (χ3n) is 5.93. The van der Waals surface area contributed by atoms with E-state index >= 15 is 0 Å². The van der Waals surface area contributed by atoms with Crippen molar-refractivity contribution in [3.05, 3.63) is 34.9 Å². The number of hydrogen-bond acceptors (Lipinski definition) is 6. The van der Waals surface area contributed by atoms with Gasteiger partial charge >= 0.3 is 6.03 Å². The molecule has 1 aliphatic carbocycles. The predicted molar refractivity (Wildman–Crippen MR) is 133 cm³/mol. The Kier molecular flexibility index (Phi) is 7.98. The monoisotopic (exact) mass is 515 g/mol. The van der Waals surface area contributed by atoms with Gasteiger partial charge in [-0.3, -0.25) is 4.79 Å². The van der Waals surface area contributed by atoms with Crippen molar-refractivity contribution >= 4 is 51.0 Å². The van der Waals surface area contributed by atoms with Crippen LogP contribution in [-0.4, -0.2) is 53.0 Å². The fraction of sp³-hybridized carbons (Fsp3) is 0.478. The molecule has 1 aromatic heterocycles. The average Bonchev–Trinajstić information content (AvgIpc) is 3.30. The van der Waals surface area contributed by atoms with Crippen molar-refractivity contribution in [2.45, 2.75) is 38.5 Å². The van der Waals surface area contributed by atoms with Gasteiger partial charge in [0.25, 0.3) is 0 Å². The molecule has 0 spiro atoms. The Bertz CT molecular complexity index is 977. The van der Waals surface area contributed by atoms with Crippen LogP contribution in [0.15, 0.2) is 34.9 Å². The highest BCUT2D eigenvalue weighted by Gasteiger charge is 2.24. The van der Waals surface area contributed by atoms with Gasteiger partial charge in [0.15, 0.2) is 0 Å². The van der Waals surface area contributed by atoms with E-state index in [4.69, 9.17) is 0 Å². The number of hydrogen-bond donors (Lipinski definition) is 4. The van der Waals surface area contributed by atoms with Crippen LogP contribution in [0.2, 0.25) is 0 Å². The molecular weight excluding hydrogens is 486 g/mol. The molecule has 0 bridgehead atoms. The summed E-state index contributed by atoms with van der Waals surface area (Å²) in [5.74, 6) is 1.52. The zero-order chi connectivity index (χ0) is 23.0. The smallest absolute Gasteiger partial charge is 0.321 e. The normalized spacial score (nSPS) is 15.6. The Balaban J connectivity index is 1.27. The SMILES string of the molecule is O=C(NCCCNc1nc(Nc2cccc(NC(=O)N3CCCC3)c2)ncc1Br)C1CCC1. The van der Waals surface area contributed by atoms with E-state index in [2.05, 4.69) is 47.2 Å². The largest absolute Gasteiger partial charge is 0.369 e. The van der Waals surface area contributed by atoms with Gasteiger partial charge < -0.3 is 26.2 Å². The lowest BCUT2D eigenvalue weighted by molar-refractivity contribution is -0.127. The molecule has 176 valence electrons. The maximum Gasteiger partial charge on any atom is 0.321 e. The zero-order valence-electron chi connectivity index (χ0n) is 18.6. The molecule has 2 heterocycles. The van der Waals surface area contributed by atoms with Crippen molar-refractivity contribution in [1.29, 1.82) is 0 Å². The van der Waals surface area contributed by atoms with Crippen LogP contribution in [0.1, 0.15) is 38.5 Å². The summed E-state index contributed by atoms with van der Waals surface area (Å²) < 4.78 is 0.762. The molecule has 33 heavy (non-hydrogen) atoms. The summed E-state index contributed by atoms with van der Waals surface area (Å²) in [6, 6.07) is 7.42. The van der Waals surface area contributed by atoms with E-state index in [-0.39, 0.29) is 17.9 Å². The number of nitrogens with zero attached hydrogens (tertiary/aromatic N) is 3. The van der Waals surface area contributed by atoms with E-state index in [9.17, 15) is 9.59 Å². The van der Waals surface area contributed by atoms with Crippen LogP contribution in [0, 0.1) is 5.92 Å². The molecule has 3 amide bonds. The number of aromatic nitrogens is 2. The summed E-state index contributed by atoms with van der Waals surface area (Å²) in [5, 5.41) is 12.4. The minimum absolute atomic E-state index is 0.0695. The van der Waals surface area contributed by atoms with Crippen molar-refractivity contribution in [3.63, 3.8) is 0 Å². The molecule has 2 aliphatic rings. The van der Waals surface area contributed by atoms with Crippen molar-refractivity contribution in [2.75, 3.05) is 42.1 Å². The molecule has 2 fully saturated rings. The van der Waals surface area contributed by atoms with Crippen LogP contribution in [0.3, 0.4) is 0 Å². The van der Waals surface area contributed by atoms with Crippen LogP contribution < -0.4 is 21.3 Å². The minimum Gasteiger partial charge on any atom is -0.369 e. The Labute approximate surface area is 202 Å². The highest BCUT2D eigenvalue weighted by Crippen LogP contribution is 2.26. The number of halogens is 1. The standard InChI is InChI=1S/C23H30BrN7O2/c24-19-15-27-22(30-20(19)25-10-5-11-26-21(32)16-6-3-7-16)28-17-8-4-9-18(14-17)29-23(33)31-12-1-2-13-31/h4,8-9,14-16H,1-3,5-7,10-13H2,(H,26,32)(H,29,33)(H2,25,27,28,30). The number of urea groups is 1. The molecule has 0 atom stereocenters. The van der Waals surface area contributed by atoms with Gasteiger partial charge in [0.2, 0.25) is 11.9 Å². The molecule has 2 aromatic rings. The summed E-state index contributed by atoms with van der Waals surface area (Å²) >= 11 is 3.48. The molecule has 1 aromatic carbocycles. The van der Waals surface area contributed by atoms with E-state index in [1.165, 1.54) is 0 Å². The van der Waals surface area contributed by atoms with E-state index in [0.717, 1.165) is 67.5 Å². The van der Waals surface area contributed by atoms with E-state index in [1.807, 2.05) is 29.2 Å². The number of amides is 3.